The lowest BCUT2D eigenvalue weighted by Crippen LogP contribution is -2.23. The Morgan fingerprint density at radius 3 is 2.12 bits per heavy atom. The molecule has 0 spiro atoms. The maximum Gasteiger partial charge on any atom is 0.219 e. The Morgan fingerprint density at radius 2 is 1.54 bits per heavy atom. The lowest BCUT2D eigenvalue weighted by Gasteiger charge is -2.07. The van der Waals surface area contributed by atoms with Gasteiger partial charge in [0.15, 0.2) is 0 Å². The number of carbonyl (C=O) groups is 1. The quantitative estimate of drug-likeness (QED) is 0.332. The van der Waals surface area contributed by atoms with E-state index in [1.54, 1.807) is 0 Å². The van der Waals surface area contributed by atoms with Gasteiger partial charge in [0.25, 0.3) is 0 Å². The molecule has 4 heteroatoms. The molecule has 0 rings (SSSR count). The minimum absolute atomic E-state index is 0.223. The van der Waals surface area contributed by atoms with Crippen LogP contribution in [0.25, 0.3) is 0 Å². The number of aliphatic hydroxyl groups is 1. The molecule has 2 N–H and O–H groups in total. The van der Waals surface area contributed by atoms with Crippen LogP contribution in [0.3, 0.4) is 0 Å². The highest BCUT2D eigenvalue weighted by Crippen LogP contribution is 2.13. The number of thioether (sulfide) groups is 1. The first-order valence-electron chi connectivity index (χ1n) is 10.2. The second kappa shape index (κ2) is 19.1. The molecule has 0 aromatic heterocycles. The van der Waals surface area contributed by atoms with E-state index in [0.717, 1.165) is 31.6 Å². The summed E-state index contributed by atoms with van der Waals surface area (Å²) in [6.07, 6.45) is 14.6. The molecule has 1 amide bonds. The largest absolute Gasteiger partial charge is 0.396 e. The zero-order valence-electron chi connectivity index (χ0n) is 16.2. The van der Waals surface area contributed by atoms with Crippen LogP contribution < -0.4 is 5.32 Å². The van der Waals surface area contributed by atoms with E-state index in [4.69, 9.17) is 5.11 Å². The molecule has 0 saturated heterocycles. The van der Waals surface area contributed by atoms with E-state index in [0.29, 0.717) is 18.9 Å². The second-order valence-electron chi connectivity index (χ2n) is 7.00. The van der Waals surface area contributed by atoms with Crippen LogP contribution in [0.4, 0.5) is 0 Å². The van der Waals surface area contributed by atoms with Crippen molar-refractivity contribution in [2.75, 3.05) is 24.7 Å². The van der Waals surface area contributed by atoms with Crippen molar-refractivity contribution in [2.45, 2.75) is 90.9 Å². The first-order valence-corrected chi connectivity index (χ1v) is 11.3. The van der Waals surface area contributed by atoms with Gasteiger partial charge >= 0.3 is 0 Å². The summed E-state index contributed by atoms with van der Waals surface area (Å²) in [5.74, 6) is 3.00. The number of hydrogen-bond acceptors (Lipinski definition) is 3. The standard InChI is InChI=1S/C20H41NO2S/c1-3-4-14-20(23)21-15-12-10-8-6-5-7-9-11-13-16-24-18-19(2)17-22/h19,22H,3-18H2,1-2H3,(H,21,23). The lowest BCUT2D eigenvalue weighted by atomic mass is 10.1. The summed E-state index contributed by atoms with van der Waals surface area (Å²) in [6.45, 7) is 5.40. The number of amides is 1. The molecule has 0 saturated carbocycles. The van der Waals surface area contributed by atoms with Crippen molar-refractivity contribution in [2.24, 2.45) is 5.92 Å². The number of unbranched alkanes of at least 4 members (excludes halogenated alkanes) is 9. The van der Waals surface area contributed by atoms with E-state index in [9.17, 15) is 4.79 Å². The van der Waals surface area contributed by atoms with Gasteiger partial charge in [-0.15, -0.1) is 0 Å². The highest BCUT2D eigenvalue weighted by atomic mass is 32.2. The van der Waals surface area contributed by atoms with Crippen LogP contribution in [0.15, 0.2) is 0 Å². The normalized spacial score (nSPS) is 12.3. The van der Waals surface area contributed by atoms with Crippen LogP contribution in [0.1, 0.15) is 90.9 Å². The SMILES string of the molecule is CCCCC(=O)NCCCCCCCCCCCSCC(C)CO. The Morgan fingerprint density at radius 1 is 0.958 bits per heavy atom. The fraction of sp³-hybridized carbons (Fsp3) is 0.950. The van der Waals surface area contributed by atoms with Gasteiger partial charge in [-0.3, -0.25) is 4.79 Å². The van der Waals surface area contributed by atoms with E-state index >= 15 is 0 Å². The Bertz CT molecular complexity index is 274. The van der Waals surface area contributed by atoms with E-state index in [-0.39, 0.29) is 5.91 Å². The number of rotatable bonds is 18. The molecule has 0 aliphatic carbocycles. The molecule has 0 heterocycles. The summed E-state index contributed by atoms with van der Waals surface area (Å²) < 4.78 is 0. The number of carbonyl (C=O) groups excluding carboxylic acids is 1. The third kappa shape index (κ3) is 18.1. The molecule has 144 valence electrons. The topological polar surface area (TPSA) is 49.3 Å². The number of hydrogen-bond donors (Lipinski definition) is 2. The van der Waals surface area contributed by atoms with Crippen molar-refractivity contribution >= 4 is 17.7 Å². The zero-order valence-corrected chi connectivity index (χ0v) is 17.0. The Balaban J connectivity index is 3.09. The van der Waals surface area contributed by atoms with Crippen LogP contribution in [0.5, 0.6) is 0 Å². The molecule has 1 atom stereocenters. The van der Waals surface area contributed by atoms with Crippen LogP contribution in [-0.4, -0.2) is 35.7 Å². The second-order valence-corrected chi connectivity index (χ2v) is 8.15. The molecule has 1 unspecified atom stereocenters. The maximum atomic E-state index is 11.4. The van der Waals surface area contributed by atoms with Gasteiger partial charge in [-0.05, 0) is 36.7 Å². The number of aliphatic hydroxyl groups excluding tert-OH is 1. The van der Waals surface area contributed by atoms with Crippen molar-refractivity contribution < 1.29 is 9.90 Å². The predicted molar refractivity (Wildman–Crippen MR) is 108 cm³/mol. The summed E-state index contributed by atoms with van der Waals surface area (Å²) in [6, 6.07) is 0. The van der Waals surface area contributed by atoms with Gasteiger partial charge in [-0.1, -0.05) is 65.2 Å². The Hall–Kier alpha value is -0.220. The van der Waals surface area contributed by atoms with E-state index in [1.807, 2.05) is 11.8 Å². The van der Waals surface area contributed by atoms with Gasteiger partial charge in [0.2, 0.25) is 5.91 Å². The molecule has 0 aliphatic heterocycles. The smallest absolute Gasteiger partial charge is 0.219 e. The van der Waals surface area contributed by atoms with E-state index < -0.39 is 0 Å². The monoisotopic (exact) mass is 359 g/mol. The number of nitrogens with one attached hydrogen (secondary N) is 1. The third-order valence-electron chi connectivity index (χ3n) is 4.26. The lowest BCUT2D eigenvalue weighted by molar-refractivity contribution is -0.121. The van der Waals surface area contributed by atoms with E-state index in [1.165, 1.54) is 57.1 Å². The maximum absolute atomic E-state index is 11.4. The summed E-state index contributed by atoms with van der Waals surface area (Å²) in [5, 5.41) is 12.0. The molecule has 24 heavy (non-hydrogen) atoms. The van der Waals surface area contributed by atoms with Gasteiger partial charge in [-0.25, -0.2) is 0 Å². The highest BCUT2D eigenvalue weighted by molar-refractivity contribution is 7.99. The Labute approximate surface area is 154 Å². The van der Waals surface area contributed by atoms with Gasteiger partial charge in [0.05, 0.1) is 0 Å². The first-order chi connectivity index (χ1) is 11.7. The minimum Gasteiger partial charge on any atom is -0.396 e. The van der Waals surface area contributed by atoms with Crippen LogP contribution in [0.2, 0.25) is 0 Å². The van der Waals surface area contributed by atoms with Crippen LogP contribution in [-0.2, 0) is 4.79 Å². The van der Waals surface area contributed by atoms with Gasteiger partial charge in [-0.2, -0.15) is 11.8 Å². The fourth-order valence-electron chi connectivity index (χ4n) is 2.56. The molecule has 0 fully saturated rings. The first kappa shape index (κ1) is 23.8. The van der Waals surface area contributed by atoms with Crippen LogP contribution >= 0.6 is 11.8 Å². The summed E-state index contributed by atoms with van der Waals surface area (Å²) in [7, 11) is 0. The average Bonchev–Trinajstić information content (AvgIpc) is 2.59. The van der Waals surface area contributed by atoms with Crippen LogP contribution in [0, 0.1) is 5.92 Å². The summed E-state index contributed by atoms with van der Waals surface area (Å²) in [4.78, 5) is 11.4. The van der Waals surface area contributed by atoms with Crippen molar-refractivity contribution in [3.8, 4) is 0 Å². The molecular formula is C20H41NO2S. The predicted octanol–water partition coefficient (Wildman–Crippen LogP) is 5.17. The van der Waals surface area contributed by atoms with Crippen molar-refractivity contribution in [3.05, 3.63) is 0 Å². The molecule has 0 aromatic carbocycles. The van der Waals surface area contributed by atoms with Gasteiger partial charge in [0.1, 0.15) is 0 Å². The minimum atomic E-state index is 0.223. The van der Waals surface area contributed by atoms with Gasteiger partial charge < -0.3 is 10.4 Å². The fourth-order valence-corrected chi connectivity index (χ4v) is 3.64. The summed E-state index contributed by atoms with van der Waals surface area (Å²) in [5.41, 5.74) is 0. The zero-order chi connectivity index (χ0) is 17.9. The average molecular weight is 360 g/mol. The molecule has 0 aliphatic rings. The molecule has 0 aromatic rings. The third-order valence-corrected chi connectivity index (χ3v) is 5.64. The molecule has 0 radical (unpaired) electrons. The Kier molecular flexibility index (Phi) is 18.9. The highest BCUT2D eigenvalue weighted by Gasteiger charge is 2.00. The molecule has 0 bridgehead atoms. The van der Waals surface area contributed by atoms with Crippen molar-refractivity contribution in [1.82, 2.24) is 5.32 Å². The molecule has 3 nitrogen and oxygen atoms in total. The van der Waals surface area contributed by atoms with Crippen molar-refractivity contribution in [3.63, 3.8) is 0 Å². The van der Waals surface area contributed by atoms with Gasteiger partial charge in [0, 0.05) is 19.6 Å². The van der Waals surface area contributed by atoms with E-state index in [2.05, 4.69) is 19.2 Å². The molecular weight excluding hydrogens is 318 g/mol. The van der Waals surface area contributed by atoms with Crippen molar-refractivity contribution in [1.29, 1.82) is 0 Å². The summed E-state index contributed by atoms with van der Waals surface area (Å²) >= 11 is 1.98.